The third kappa shape index (κ3) is 1.98. The molecule has 2 aliphatic carbocycles. The van der Waals surface area contributed by atoms with E-state index in [1.165, 1.54) is 4.68 Å². The lowest BCUT2D eigenvalue weighted by Crippen LogP contribution is -2.18. The second-order valence-corrected chi connectivity index (χ2v) is 5.82. The molecule has 3 atom stereocenters. The zero-order valence-electron chi connectivity index (χ0n) is 10.2. The fraction of sp³-hybridized carbons (Fsp3) is 0.583. The lowest BCUT2D eigenvalue weighted by atomic mass is 10.1. The highest BCUT2D eigenvalue weighted by Crippen LogP contribution is 2.58. The Morgan fingerprint density at radius 1 is 1.63 bits per heavy atom. The van der Waals surface area contributed by atoms with Crippen molar-refractivity contribution in [2.24, 2.45) is 5.92 Å². The molecule has 7 heteroatoms. The first-order valence-corrected chi connectivity index (χ1v) is 7.37. The van der Waals surface area contributed by atoms with Crippen molar-refractivity contribution in [3.05, 3.63) is 17.0 Å². The van der Waals surface area contributed by atoms with Crippen LogP contribution in [0.25, 0.3) is 0 Å². The molecule has 0 saturated heterocycles. The number of esters is 1. The van der Waals surface area contributed by atoms with Crippen molar-refractivity contribution >= 4 is 34.3 Å². The van der Waals surface area contributed by atoms with Gasteiger partial charge in [-0.2, -0.15) is 5.10 Å². The predicted molar refractivity (Wildman–Crippen MR) is 71.9 cm³/mol. The average molecular weight is 378 g/mol. The molecule has 0 aromatic carbocycles. The van der Waals surface area contributed by atoms with Crippen molar-refractivity contribution in [2.45, 2.75) is 30.0 Å². The third-order valence-electron chi connectivity index (χ3n) is 3.54. The molecule has 1 saturated carbocycles. The van der Waals surface area contributed by atoms with E-state index in [2.05, 4.69) is 5.10 Å². The highest BCUT2D eigenvalue weighted by Gasteiger charge is 2.56. The number of rotatable bonds is 4. The van der Waals surface area contributed by atoms with Crippen LogP contribution < -0.4 is 0 Å². The Hall–Kier alpha value is -0.990. The zero-order valence-corrected chi connectivity index (χ0v) is 12.4. The van der Waals surface area contributed by atoms with Gasteiger partial charge in [-0.05, 0) is 41.9 Å². The van der Waals surface area contributed by atoms with E-state index in [0.29, 0.717) is 17.0 Å². The number of nitrogens with zero attached hydrogens (tertiary/aromatic N) is 2. The molecule has 1 aromatic rings. The van der Waals surface area contributed by atoms with Crippen molar-refractivity contribution in [1.29, 1.82) is 0 Å². The molecule has 0 N–H and O–H groups in total. The molecule has 102 valence electrons. The highest BCUT2D eigenvalue weighted by molar-refractivity contribution is 14.1. The van der Waals surface area contributed by atoms with Crippen LogP contribution in [-0.2, 0) is 16.1 Å². The van der Waals surface area contributed by atoms with Gasteiger partial charge in [0.1, 0.15) is 17.9 Å². The van der Waals surface area contributed by atoms with Gasteiger partial charge in [0.15, 0.2) is 9.96 Å². The Morgan fingerprint density at radius 2 is 2.37 bits per heavy atom. The standard InChI is InChI=1S/C12H12FIN2O3/c1-2-19-7(17)4-16-10-8(9(15-16)12(13)14)5-3-6(5)11(10)18/h5-6,12H,2-4H2,1H3. The smallest absolute Gasteiger partial charge is 0.327 e. The maximum atomic E-state index is 13.6. The first-order chi connectivity index (χ1) is 9.04. The molecule has 3 unspecified atom stereocenters. The Bertz CT molecular complexity index is 570. The van der Waals surface area contributed by atoms with Gasteiger partial charge < -0.3 is 4.74 Å². The van der Waals surface area contributed by atoms with Crippen LogP contribution in [0.5, 0.6) is 0 Å². The molecule has 1 heterocycles. The molecule has 0 radical (unpaired) electrons. The van der Waals surface area contributed by atoms with E-state index >= 15 is 0 Å². The van der Waals surface area contributed by atoms with E-state index in [-0.39, 0.29) is 30.8 Å². The molecule has 19 heavy (non-hydrogen) atoms. The van der Waals surface area contributed by atoms with Gasteiger partial charge in [-0.1, -0.05) is 0 Å². The van der Waals surface area contributed by atoms with Crippen LogP contribution in [0.3, 0.4) is 0 Å². The summed E-state index contributed by atoms with van der Waals surface area (Å²) in [6.07, 6.45) is 0.785. The number of hydrogen-bond acceptors (Lipinski definition) is 4. The van der Waals surface area contributed by atoms with Gasteiger partial charge in [0, 0.05) is 11.5 Å². The maximum Gasteiger partial charge on any atom is 0.327 e. The van der Waals surface area contributed by atoms with Gasteiger partial charge in [-0.15, -0.1) is 0 Å². The Labute approximate surface area is 122 Å². The highest BCUT2D eigenvalue weighted by atomic mass is 127. The minimum Gasteiger partial charge on any atom is -0.465 e. The molecule has 5 nitrogen and oxygen atoms in total. The van der Waals surface area contributed by atoms with E-state index in [1.807, 2.05) is 0 Å². The van der Waals surface area contributed by atoms with Crippen molar-refractivity contribution in [1.82, 2.24) is 9.78 Å². The summed E-state index contributed by atoms with van der Waals surface area (Å²) in [6.45, 7) is 1.84. The first-order valence-electron chi connectivity index (χ1n) is 6.13. The van der Waals surface area contributed by atoms with E-state index in [1.54, 1.807) is 29.5 Å². The fourth-order valence-electron chi connectivity index (χ4n) is 2.70. The molecule has 0 spiro atoms. The maximum absolute atomic E-state index is 13.6. The Morgan fingerprint density at radius 3 is 3.00 bits per heavy atom. The number of carbonyl (C=O) groups excluding carboxylic acids is 2. The predicted octanol–water partition coefficient (Wildman–Crippen LogP) is 2.15. The summed E-state index contributed by atoms with van der Waals surface area (Å²) in [5.74, 6) is -0.381. The number of aromatic nitrogens is 2. The van der Waals surface area contributed by atoms with Crippen molar-refractivity contribution in [3.8, 4) is 0 Å². The minimum atomic E-state index is -1.26. The molecule has 0 amide bonds. The number of fused-ring (bicyclic) bond motifs is 3. The lowest BCUT2D eigenvalue weighted by molar-refractivity contribution is -0.144. The number of alkyl halides is 2. The summed E-state index contributed by atoms with van der Waals surface area (Å²) in [4.78, 5) is 23.6. The van der Waals surface area contributed by atoms with Gasteiger partial charge in [-0.25, -0.2) is 9.07 Å². The Balaban J connectivity index is 1.98. The van der Waals surface area contributed by atoms with Gasteiger partial charge in [-0.3, -0.25) is 9.59 Å². The lowest BCUT2D eigenvalue weighted by Gasteiger charge is -2.05. The molecular weight excluding hydrogens is 366 g/mol. The van der Waals surface area contributed by atoms with E-state index in [9.17, 15) is 14.0 Å². The normalized spacial score (nSPS) is 24.9. The number of halogens is 2. The quantitative estimate of drug-likeness (QED) is 0.458. The van der Waals surface area contributed by atoms with Gasteiger partial charge in [0.05, 0.1) is 6.61 Å². The largest absolute Gasteiger partial charge is 0.465 e. The van der Waals surface area contributed by atoms with Crippen LogP contribution >= 0.6 is 22.6 Å². The van der Waals surface area contributed by atoms with Gasteiger partial charge >= 0.3 is 5.97 Å². The summed E-state index contributed by atoms with van der Waals surface area (Å²) in [6, 6.07) is 0. The van der Waals surface area contributed by atoms with Crippen molar-refractivity contribution in [2.75, 3.05) is 6.61 Å². The molecular formula is C12H12FIN2O3. The van der Waals surface area contributed by atoms with E-state index in [0.717, 1.165) is 6.42 Å². The molecule has 2 aliphatic rings. The van der Waals surface area contributed by atoms with Crippen LogP contribution in [0.15, 0.2) is 0 Å². The number of carbonyl (C=O) groups is 2. The second kappa shape index (κ2) is 4.53. The monoisotopic (exact) mass is 378 g/mol. The van der Waals surface area contributed by atoms with Crippen LogP contribution in [0.2, 0.25) is 0 Å². The van der Waals surface area contributed by atoms with E-state index in [4.69, 9.17) is 4.74 Å². The summed E-state index contributed by atoms with van der Waals surface area (Å²) >= 11 is 1.63. The van der Waals surface area contributed by atoms with Crippen molar-refractivity contribution < 1.29 is 18.7 Å². The SMILES string of the molecule is CCOC(=O)Cn1nc(C(F)I)c2c1C(=O)C1CC21. The van der Waals surface area contributed by atoms with Crippen LogP contribution in [0.1, 0.15) is 45.2 Å². The molecule has 3 rings (SSSR count). The molecule has 0 aliphatic heterocycles. The van der Waals surface area contributed by atoms with Crippen LogP contribution in [0, 0.1) is 5.92 Å². The van der Waals surface area contributed by atoms with Crippen molar-refractivity contribution in [3.63, 3.8) is 0 Å². The topological polar surface area (TPSA) is 61.2 Å². The molecule has 1 aromatic heterocycles. The number of hydrogen-bond donors (Lipinski definition) is 0. The Kier molecular flexibility index (Phi) is 3.11. The summed E-state index contributed by atoms with van der Waals surface area (Å²) in [7, 11) is 0. The van der Waals surface area contributed by atoms with Gasteiger partial charge in [0.25, 0.3) is 0 Å². The number of ether oxygens (including phenoxy) is 1. The molecule has 1 fully saturated rings. The third-order valence-corrected chi connectivity index (χ3v) is 4.13. The number of ketones is 1. The molecule has 0 bridgehead atoms. The van der Waals surface area contributed by atoms with Crippen LogP contribution in [-0.4, -0.2) is 28.1 Å². The number of Topliss-reactive ketones (excluding diaryl/α,β-unsaturated/α-hetero) is 1. The first kappa shape index (κ1) is 13.0. The van der Waals surface area contributed by atoms with Crippen LogP contribution in [0.4, 0.5) is 4.39 Å². The fourth-order valence-corrected chi connectivity index (χ4v) is 3.16. The summed E-state index contributed by atoms with van der Waals surface area (Å²) in [5.41, 5.74) is 1.41. The minimum absolute atomic E-state index is 0.0138. The zero-order chi connectivity index (χ0) is 13.7. The average Bonchev–Trinajstić information content (AvgIpc) is 2.96. The summed E-state index contributed by atoms with van der Waals surface area (Å²) in [5, 5.41) is 4.09. The van der Waals surface area contributed by atoms with E-state index < -0.39 is 10.1 Å². The summed E-state index contributed by atoms with van der Waals surface area (Å²) < 4.78 is 18.5. The second-order valence-electron chi connectivity index (χ2n) is 4.72. The van der Waals surface area contributed by atoms with Gasteiger partial charge in [0.2, 0.25) is 0 Å².